The summed E-state index contributed by atoms with van der Waals surface area (Å²) < 4.78 is 61.6. The predicted molar refractivity (Wildman–Crippen MR) is 73.2 cm³/mol. The van der Waals surface area contributed by atoms with Crippen LogP contribution in [0.2, 0.25) is 0 Å². The summed E-state index contributed by atoms with van der Waals surface area (Å²) in [5.74, 6) is -0.613. The van der Waals surface area contributed by atoms with E-state index in [1.165, 1.54) is 0 Å². The van der Waals surface area contributed by atoms with E-state index in [2.05, 4.69) is 4.72 Å². The third kappa shape index (κ3) is 8.03. The fourth-order valence-corrected chi connectivity index (χ4v) is 3.13. The van der Waals surface area contributed by atoms with E-state index in [1.807, 2.05) is 0 Å². The van der Waals surface area contributed by atoms with Gasteiger partial charge < -0.3 is 5.11 Å². The van der Waals surface area contributed by atoms with Gasteiger partial charge in [-0.15, -0.1) is 0 Å². The van der Waals surface area contributed by atoms with Crippen molar-refractivity contribution in [2.24, 2.45) is 0 Å². The molecule has 0 aliphatic carbocycles. The molecule has 4 nitrogen and oxygen atoms in total. The molecule has 8 heteroatoms. The van der Waals surface area contributed by atoms with Gasteiger partial charge in [0.2, 0.25) is 10.0 Å². The molecule has 0 aliphatic rings. The van der Waals surface area contributed by atoms with Crippen LogP contribution in [-0.2, 0) is 16.4 Å². The smallest absolute Gasteiger partial charge is 0.389 e. The van der Waals surface area contributed by atoms with Crippen LogP contribution >= 0.6 is 0 Å². The Bertz CT molecular complexity index is 517. The number of aliphatic hydroxyl groups is 1. The van der Waals surface area contributed by atoms with Crippen molar-refractivity contribution in [3.8, 4) is 0 Å². The van der Waals surface area contributed by atoms with Crippen molar-refractivity contribution in [1.29, 1.82) is 0 Å². The second kappa shape index (κ2) is 7.77. The summed E-state index contributed by atoms with van der Waals surface area (Å²) in [5, 5.41) is 9.20. The summed E-state index contributed by atoms with van der Waals surface area (Å²) in [6, 6.07) is 8.17. The van der Waals surface area contributed by atoms with Crippen molar-refractivity contribution in [1.82, 2.24) is 4.72 Å². The zero-order valence-electron chi connectivity index (χ0n) is 11.3. The molecule has 0 spiro atoms. The fraction of sp³-hybridized carbons (Fsp3) is 0.538. The summed E-state index contributed by atoms with van der Waals surface area (Å²) in [6.45, 7) is -0.423. The minimum Gasteiger partial charge on any atom is -0.395 e. The second-order valence-electron chi connectivity index (χ2n) is 4.72. The van der Waals surface area contributed by atoms with Crippen LogP contribution in [0.15, 0.2) is 30.3 Å². The van der Waals surface area contributed by atoms with Crippen LogP contribution < -0.4 is 4.72 Å². The molecule has 1 unspecified atom stereocenters. The first kappa shape index (κ1) is 17.9. The van der Waals surface area contributed by atoms with Crippen molar-refractivity contribution < 1.29 is 26.7 Å². The highest BCUT2D eigenvalue weighted by molar-refractivity contribution is 7.89. The van der Waals surface area contributed by atoms with Crippen LogP contribution in [0.1, 0.15) is 18.4 Å². The van der Waals surface area contributed by atoms with E-state index >= 15 is 0 Å². The normalized spacial score (nSPS) is 14.1. The first-order valence-electron chi connectivity index (χ1n) is 6.43. The molecule has 0 heterocycles. The monoisotopic (exact) mass is 325 g/mol. The van der Waals surface area contributed by atoms with E-state index in [0.717, 1.165) is 5.56 Å². The van der Waals surface area contributed by atoms with Crippen LogP contribution in [0.3, 0.4) is 0 Å². The fourth-order valence-electron chi connectivity index (χ4n) is 1.82. The van der Waals surface area contributed by atoms with Gasteiger partial charge in [0, 0.05) is 12.5 Å². The maximum Gasteiger partial charge on any atom is 0.389 e. The Morgan fingerprint density at radius 3 is 2.33 bits per heavy atom. The zero-order chi connectivity index (χ0) is 15.9. The average Bonchev–Trinajstić information content (AvgIpc) is 2.37. The molecule has 1 aromatic carbocycles. The second-order valence-corrected chi connectivity index (χ2v) is 6.60. The average molecular weight is 325 g/mol. The molecule has 0 radical (unpaired) electrons. The van der Waals surface area contributed by atoms with Crippen LogP contribution in [0, 0.1) is 0 Å². The first-order valence-corrected chi connectivity index (χ1v) is 8.08. The third-order valence-electron chi connectivity index (χ3n) is 2.76. The van der Waals surface area contributed by atoms with Gasteiger partial charge in [-0.25, -0.2) is 13.1 Å². The van der Waals surface area contributed by atoms with Crippen molar-refractivity contribution in [3.05, 3.63) is 35.9 Å². The van der Waals surface area contributed by atoms with Gasteiger partial charge in [0.15, 0.2) is 0 Å². The predicted octanol–water partition coefficient (Wildman–Crippen LogP) is 1.85. The Balaban J connectivity index is 2.51. The van der Waals surface area contributed by atoms with Gasteiger partial charge in [0.25, 0.3) is 0 Å². The van der Waals surface area contributed by atoms with Gasteiger partial charge in [0.05, 0.1) is 12.4 Å². The Morgan fingerprint density at radius 2 is 1.81 bits per heavy atom. The molecule has 0 fully saturated rings. The Morgan fingerprint density at radius 1 is 1.19 bits per heavy atom. The Labute approximate surface area is 122 Å². The highest BCUT2D eigenvalue weighted by atomic mass is 32.2. The number of benzene rings is 1. The quantitative estimate of drug-likeness (QED) is 0.766. The minimum absolute atomic E-state index is 0.274. The maximum absolute atomic E-state index is 12.0. The van der Waals surface area contributed by atoms with E-state index in [1.54, 1.807) is 30.3 Å². The van der Waals surface area contributed by atoms with Gasteiger partial charge >= 0.3 is 6.18 Å². The summed E-state index contributed by atoms with van der Waals surface area (Å²) >= 11 is 0. The molecule has 1 atom stereocenters. The highest BCUT2D eigenvalue weighted by Gasteiger charge is 2.28. The lowest BCUT2D eigenvalue weighted by atomic mass is 10.1. The van der Waals surface area contributed by atoms with E-state index in [0.29, 0.717) is 0 Å². The molecule has 0 saturated carbocycles. The molecule has 120 valence electrons. The van der Waals surface area contributed by atoms with E-state index in [-0.39, 0.29) is 6.42 Å². The summed E-state index contributed by atoms with van der Waals surface area (Å²) in [7, 11) is -3.85. The number of aliphatic hydroxyl groups excluding tert-OH is 1. The topological polar surface area (TPSA) is 66.4 Å². The number of rotatable bonds is 8. The van der Waals surface area contributed by atoms with Crippen LogP contribution in [0.5, 0.6) is 0 Å². The molecule has 21 heavy (non-hydrogen) atoms. The summed E-state index contributed by atoms with van der Waals surface area (Å²) in [4.78, 5) is 0. The molecule has 0 bridgehead atoms. The molecule has 0 amide bonds. The lowest BCUT2D eigenvalue weighted by Gasteiger charge is -2.16. The van der Waals surface area contributed by atoms with E-state index in [9.17, 15) is 26.7 Å². The Kier molecular flexibility index (Phi) is 6.63. The molecular weight excluding hydrogens is 307 g/mol. The molecule has 2 N–H and O–H groups in total. The van der Waals surface area contributed by atoms with Crippen molar-refractivity contribution in [3.63, 3.8) is 0 Å². The largest absolute Gasteiger partial charge is 0.395 e. The number of nitrogens with one attached hydrogen (secondary N) is 1. The maximum atomic E-state index is 12.0. The molecular formula is C13H18F3NO3S. The van der Waals surface area contributed by atoms with Crippen molar-refractivity contribution in [2.45, 2.75) is 31.5 Å². The highest BCUT2D eigenvalue weighted by Crippen LogP contribution is 2.21. The number of hydrogen-bond donors (Lipinski definition) is 2. The van der Waals surface area contributed by atoms with Crippen molar-refractivity contribution >= 4 is 10.0 Å². The number of hydrogen-bond acceptors (Lipinski definition) is 3. The van der Waals surface area contributed by atoms with Crippen LogP contribution in [-0.4, -0.2) is 38.1 Å². The first-order chi connectivity index (χ1) is 9.72. The number of sulfonamides is 1. The van der Waals surface area contributed by atoms with Gasteiger partial charge in [-0.05, 0) is 18.4 Å². The van der Waals surface area contributed by atoms with Gasteiger partial charge in [0.1, 0.15) is 0 Å². The SMILES string of the molecule is O=S(=O)(CCCC(F)(F)F)NC(CO)Cc1ccccc1. The molecule has 1 rings (SSSR count). The van der Waals surface area contributed by atoms with Crippen LogP contribution in [0.4, 0.5) is 13.2 Å². The van der Waals surface area contributed by atoms with Gasteiger partial charge in [-0.3, -0.25) is 0 Å². The third-order valence-corrected chi connectivity index (χ3v) is 4.28. The molecule has 0 saturated heterocycles. The van der Waals surface area contributed by atoms with E-state index < -0.39 is 47.4 Å². The molecule has 0 aliphatic heterocycles. The lowest BCUT2D eigenvalue weighted by molar-refractivity contribution is -0.134. The number of halogens is 3. The minimum atomic E-state index is -4.37. The standard InChI is InChI=1S/C13H18F3NO3S/c14-13(15,16)7-4-8-21(19,20)17-12(10-18)9-11-5-2-1-3-6-11/h1-3,5-6,12,17-18H,4,7-10H2. The zero-order valence-corrected chi connectivity index (χ0v) is 12.1. The summed E-state index contributed by atoms with van der Waals surface area (Å²) in [5.41, 5.74) is 0.828. The summed E-state index contributed by atoms with van der Waals surface area (Å²) in [6.07, 6.45) is -5.73. The molecule has 0 aromatic heterocycles. The van der Waals surface area contributed by atoms with E-state index in [4.69, 9.17) is 0 Å². The van der Waals surface area contributed by atoms with Gasteiger partial charge in [-0.1, -0.05) is 30.3 Å². The lowest BCUT2D eigenvalue weighted by Crippen LogP contribution is -2.40. The Hall–Kier alpha value is -1.12. The van der Waals surface area contributed by atoms with Crippen molar-refractivity contribution in [2.75, 3.05) is 12.4 Å². The van der Waals surface area contributed by atoms with Gasteiger partial charge in [-0.2, -0.15) is 13.2 Å². The van der Waals surface area contributed by atoms with Crippen LogP contribution in [0.25, 0.3) is 0 Å². The number of alkyl halides is 3. The molecule has 1 aromatic rings.